The van der Waals surface area contributed by atoms with Gasteiger partial charge in [0.1, 0.15) is 0 Å². The van der Waals surface area contributed by atoms with E-state index in [1.807, 2.05) is 39.0 Å². The molecule has 0 saturated carbocycles. The Morgan fingerprint density at radius 1 is 1.00 bits per heavy atom. The van der Waals surface area contributed by atoms with E-state index in [2.05, 4.69) is 10.6 Å². The lowest BCUT2D eigenvalue weighted by atomic mass is 10.0. The normalized spacial score (nSPS) is 12.5. The number of carbonyl (C=O) groups excluding carboxylic acids is 2. The van der Waals surface area contributed by atoms with Crippen LogP contribution < -0.4 is 10.6 Å². The van der Waals surface area contributed by atoms with E-state index in [0.29, 0.717) is 0 Å². The van der Waals surface area contributed by atoms with E-state index in [4.69, 9.17) is 0 Å². The smallest absolute Gasteiger partial charge is 0.348 e. The Morgan fingerprint density at radius 3 is 2.27 bits per heavy atom. The molecule has 0 spiro atoms. The number of para-hydroxylation sites is 1. The zero-order valence-electron chi connectivity index (χ0n) is 17.4. The SMILES string of the molecule is Cc1ccc([C@H](C)NC(=O)CN(C)CC(=O)Nc2ccccc2C(F)(F)F)cc1C. The second kappa shape index (κ2) is 9.75. The minimum atomic E-state index is -4.57. The molecular formula is C22H26F3N3O2. The molecule has 162 valence electrons. The highest BCUT2D eigenvalue weighted by molar-refractivity contribution is 5.93. The van der Waals surface area contributed by atoms with Gasteiger partial charge in [0.25, 0.3) is 0 Å². The first kappa shape index (κ1) is 23.4. The Hall–Kier alpha value is -2.87. The predicted octanol–water partition coefficient (Wildman–Crippen LogP) is 4.07. The van der Waals surface area contributed by atoms with E-state index < -0.39 is 17.6 Å². The monoisotopic (exact) mass is 421 g/mol. The van der Waals surface area contributed by atoms with Crippen molar-refractivity contribution in [1.82, 2.24) is 10.2 Å². The number of nitrogens with zero attached hydrogens (tertiary/aromatic N) is 1. The zero-order valence-corrected chi connectivity index (χ0v) is 17.4. The molecule has 2 N–H and O–H groups in total. The molecule has 0 aromatic heterocycles. The van der Waals surface area contributed by atoms with E-state index in [1.165, 1.54) is 23.1 Å². The van der Waals surface area contributed by atoms with Crippen LogP contribution in [0.4, 0.5) is 18.9 Å². The van der Waals surface area contributed by atoms with Crippen molar-refractivity contribution in [2.45, 2.75) is 33.0 Å². The minimum absolute atomic E-state index is 0.0660. The van der Waals surface area contributed by atoms with Crippen molar-refractivity contribution in [3.05, 3.63) is 64.7 Å². The van der Waals surface area contributed by atoms with Crippen molar-refractivity contribution in [1.29, 1.82) is 0 Å². The van der Waals surface area contributed by atoms with Gasteiger partial charge >= 0.3 is 6.18 Å². The van der Waals surface area contributed by atoms with Crippen LogP contribution >= 0.6 is 0 Å². The van der Waals surface area contributed by atoms with Crippen molar-refractivity contribution in [3.8, 4) is 0 Å². The van der Waals surface area contributed by atoms with Gasteiger partial charge in [0.15, 0.2) is 0 Å². The summed E-state index contributed by atoms with van der Waals surface area (Å²) in [6.45, 7) is 5.58. The third-order valence-corrected chi connectivity index (χ3v) is 4.74. The third kappa shape index (κ3) is 6.59. The van der Waals surface area contributed by atoms with Crippen LogP contribution in [0.3, 0.4) is 0 Å². The number of benzene rings is 2. The molecule has 0 radical (unpaired) electrons. The molecule has 2 rings (SSSR count). The summed E-state index contributed by atoms with van der Waals surface area (Å²) in [4.78, 5) is 25.9. The van der Waals surface area contributed by atoms with Gasteiger partial charge in [0.05, 0.1) is 30.4 Å². The van der Waals surface area contributed by atoms with E-state index in [9.17, 15) is 22.8 Å². The Morgan fingerprint density at radius 2 is 1.63 bits per heavy atom. The van der Waals surface area contributed by atoms with Gasteiger partial charge in [-0.2, -0.15) is 13.2 Å². The molecule has 2 aromatic carbocycles. The predicted molar refractivity (Wildman–Crippen MR) is 110 cm³/mol. The number of anilines is 1. The largest absolute Gasteiger partial charge is 0.418 e. The summed E-state index contributed by atoms with van der Waals surface area (Å²) in [5.41, 5.74) is 2.03. The number of hydrogen-bond acceptors (Lipinski definition) is 3. The van der Waals surface area contributed by atoms with Crippen molar-refractivity contribution in [3.63, 3.8) is 0 Å². The first-order valence-electron chi connectivity index (χ1n) is 9.48. The standard InChI is InChI=1S/C22H26F3N3O2/c1-14-9-10-17(11-15(14)2)16(3)26-20(29)12-28(4)13-21(30)27-19-8-6-5-7-18(19)22(23,24)25/h5-11,16H,12-13H2,1-4H3,(H,26,29)(H,27,30)/t16-/m0/s1. The summed E-state index contributed by atoms with van der Waals surface area (Å²) in [6.07, 6.45) is -4.57. The molecule has 0 unspecified atom stereocenters. The number of amides is 2. The minimum Gasteiger partial charge on any atom is -0.348 e. The number of nitrogens with one attached hydrogen (secondary N) is 2. The van der Waals surface area contributed by atoms with E-state index in [-0.39, 0.29) is 30.7 Å². The van der Waals surface area contributed by atoms with Gasteiger partial charge in [-0.15, -0.1) is 0 Å². The summed E-state index contributed by atoms with van der Waals surface area (Å²) < 4.78 is 39.1. The van der Waals surface area contributed by atoms with Gasteiger partial charge in [-0.1, -0.05) is 30.3 Å². The lowest BCUT2D eigenvalue weighted by Crippen LogP contribution is -2.39. The van der Waals surface area contributed by atoms with Crippen molar-refractivity contribution < 1.29 is 22.8 Å². The van der Waals surface area contributed by atoms with E-state index in [0.717, 1.165) is 22.8 Å². The third-order valence-electron chi connectivity index (χ3n) is 4.74. The van der Waals surface area contributed by atoms with Crippen LogP contribution in [-0.2, 0) is 15.8 Å². The first-order valence-corrected chi connectivity index (χ1v) is 9.48. The number of likely N-dealkylation sites (N-methyl/N-ethyl adjacent to an activating group) is 1. The van der Waals surface area contributed by atoms with Crippen molar-refractivity contribution in [2.75, 3.05) is 25.5 Å². The summed E-state index contributed by atoms with van der Waals surface area (Å²) in [6, 6.07) is 10.5. The van der Waals surface area contributed by atoms with Crippen LogP contribution in [-0.4, -0.2) is 36.9 Å². The van der Waals surface area contributed by atoms with Gasteiger partial charge in [0.2, 0.25) is 11.8 Å². The summed E-state index contributed by atoms with van der Waals surface area (Å²) >= 11 is 0. The molecule has 2 amide bonds. The second-order valence-electron chi connectivity index (χ2n) is 7.40. The van der Waals surface area contributed by atoms with Gasteiger partial charge in [0, 0.05) is 0 Å². The fourth-order valence-electron chi connectivity index (χ4n) is 2.98. The van der Waals surface area contributed by atoms with Gasteiger partial charge in [-0.3, -0.25) is 14.5 Å². The van der Waals surface area contributed by atoms with Crippen LogP contribution in [0.1, 0.15) is 35.2 Å². The maximum Gasteiger partial charge on any atom is 0.418 e. The number of carbonyl (C=O) groups is 2. The maximum absolute atomic E-state index is 13.0. The molecule has 1 atom stereocenters. The molecule has 0 bridgehead atoms. The molecular weight excluding hydrogens is 395 g/mol. The maximum atomic E-state index is 13.0. The van der Waals surface area contributed by atoms with Crippen LogP contribution in [0.25, 0.3) is 0 Å². The van der Waals surface area contributed by atoms with Crippen molar-refractivity contribution >= 4 is 17.5 Å². The fourth-order valence-corrected chi connectivity index (χ4v) is 2.98. The summed E-state index contributed by atoms with van der Waals surface area (Å²) in [5, 5.41) is 5.13. The number of aryl methyl sites for hydroxylation is 2. The molecule has 0 saturated heterocycles. The molecule has 2 aromatic rings. The lowest BCUT2D eigenvalue weighted by Gasteiger charge is -2.20. The highest BCUT2D eigenvalue weighted by Gasteiger charge is 2.33. The molecule has 5 nitrogen and oxygen atoms in total. The molecule has 8 heteroatoms. The average Bonchev–Trinajstić information content (AvgIpc) is 2.63. The molecule has 30 heavy (non-hydrogen) atoms. The van der Waals surface area contributed by atoms with Crippen LogP contribution in [0.2, 0.25) is 0 Å². The van der Waals surface area contributed by atoms with Crippen LogP contribution in [0.5, 0.6) is 0 Å². The highest BCUT2D eigenvalue weighted by Crippen LogP contribution is 2.34. The number of rotatable bonds is 7. The first-order chi connectivity index (χ1) is 14.0. The highest BCUT2D eigenvalue weighted by atomic mass is 19.4. The number of alkyl halides is 3. The Balaban J connectivity index is 1.89. The quantitative estimate of drug-likeness (QED) is 0.709. The Bertz CT molecular complexity index is 913. The average molecular weight is 421 g/mol. The Kier molecular flexibility index (Phi) is 7.61. The molecule has 0 aliphatic rings. The van der Waals surface area contributed by atoms with Gasteiger partial charge in [-0.25, -0.2) is 0 Å². The number of halogens is 3. The molecule has 0 aliphatic carbocycles. The molecule has 0 aliphatic heterocycles. The topological polar surface area (TPSA) is 61.4 Å². The molecule has 0 fully saturated rings. The zero-order chi connectivity index (χ0) is 22.5. The Labute approximate surface area is 174 Å². The molecule has 0 heterocycles. The van der Waals surface area contributed by atoms with Crippen LogP contribution in [0, 0.1) is 13.8 Å². The second-order valence-corrected chi connectivity index (χ2v) is 7.40. The van der Waals surface area contributed by atoms with Crippen LogP contribution in [0.15, 0.2) is 42.5 Å². The number of hydrogen-bond donors (Lipinski definition) is 2. The lowest BCUT2D eigenvalue weighted by molar-refractivity contribution is -0.137. The van der Waals surface area contributed by atoms with Crippen molar-refractivity contribution in [2.24, 2.45) is 0 Å². The summed E-state index contributed by atoms with van der Waals surface area (Å²) in [7, 11) is 1.55. The van der Waals surface area contributed by atoms with E-state index in [1.54, 1.807) is 7.05 Å². The van der Waals surface area contributed by atoms with Gasteiger partial charge < -0.3 is 10.6 Å². The fraction of sp³-hybridized carbons (Fsp3) is 0.364. The van der Waals surface area contributed by atoms with E-state index >= 15 is 0 Å². The summed E-state index contributed by atoms with van der Waals surface area (Å²) in [5.74, 6) is -0.920. The van der Waals surface area contributed by atoms with Gasteiger partial charge in [-0.05, 0) is 56.6 Å².